The summed E-state index contributed by atoms with van der Waals surface area (Å²) in [5.74, 6) is -0.385. The van der Waals surface area contributed by atoms with Gasteiger partial charge in [-0.25, -0.2) is 4.98 Å². The fraction of sp³-hybridized carbons (Fsp3) is 0.188. The quantitative estimate of drug-likeness (QED) is 0.556. The van der Waals surface area contributed by atoms with E-state index in [0.717, 1.165) is 4.47 Å². The summed E-state index contributed by atoms with van der Waals surface area (Å²) in [6, 6.07) is 10.5. The minimum atomic E-state index is -0.530. The van der Waals surface area contributed by atoms with Gasteiger partial charge in [0.15, 0.2) is 11.8 Å². The van der Waals surface area contributed by atoms with E-state index in [9.17, 15) is 9.59 Å². The Balaban J connectivity index is 1.67. The first-order valence-corrected chi connectivity index (χ1v) is 8.16. The van der Waals surface area contributed by atoms with Crippen molar-refractivity contribution in [3.63, 3.8) is 0 Å². The highest BCUT2D eigenvalue weighted by molar-refractivity contribution is 9.10. The lowest BCUT2D eigenvalue weighted by Gasteiger charge is -2.08. The summed E-state index contributed by atoms with van der Waals surface area (Å²) in [4.78, 5) is 27.1. The molecule has 0 unspecified atom stereocenters. The molecule has 0 saturated carbocycles. The molecule has 2 rings (SSSR count). The van der Waals surface area contributed by atoms with E-state index >= 15 is 0 Å². The minimum Gasteiger partial charge on any atom is -0.493 e. The lowest BCUT2D eigenvalue weighted by molar-refractivity contribution is -0.147. The van der Waals surface area contributed by atoms with Crippen molar-refractivity contribution in [1.82, 2.24) is 4.98 Å². The highest BCUT2D eigenvalue weighted by Gasteiger charge is 2.10. The molecule has 126 valence electrons. The van der Waals surface area contributed by atoms with E-state index in [1.165, 1.54) is 6.20 Å². The van der Waals surface area contributed by atoms with Crippen molar-refractivity contribution in [2.75, 3.05) is 18.5 Å². The van der Waals surface area contributed by atoms with E-state index in [0.29, 0.717) is 11.4 Å². The van der Waals surface area contributed by atoms with Crippen LogP contribution in [0, 0.1) is 0 Å². The number of nitrogens with one attached hydrogen (secondary N) is 1. The zero-order valence-electron chi connectivity index (χ0n) is 12.5. The van der Waals surface area contributed by atoms with Crippen LogP contribution in [-0.4, -0.2) is 30.1 Å². The summed E-state index contributed by atoms with van der Waals surface area (Å²) in [5, 5.41) is 2.67. The predicted molar refractivity (Wildman–Crippen MR) is 93.1 cm³/mol. The van der Waals surface area contributed by atoms with Crippen LogP contribution in [-0.2, 0) is 14.3 Å². The predicted octanol–water partition coefficient (Wildman–Crippen LogP) is 3.45. The summed E-state index contributed by atoms with van der Waals surface area (Å²) < 4.78 is 11.2. The van der Waals surface area contributed by atoms with E-state index in [-0.39, 0.29) is 18.2 Å². The average molecular weight is 414 g/mol. The fourth-order valence-corrected chi connectivity index (χ4v) is 2.24. The Hall–Kier alpha value is -2.12. The molecule has 1 aromatic carbocycles. The molecule has 0 fully saturated rings. The molecule has 0 atom stereocenters. The first-order valence-electron chi connectivity index (χ1n) is 6.99. The molecule has 1 amide bonds. The summed E-state index contributed by atoms with van der Waals surface area (Å²) >= 11 is 9.14. The fourth-order valence-electron chi connectivity index (χ4n) is 1.69. The van der Waals surface area contributed by atoms with Crippen LogP contribution in [0.2, 0.25) is 5.15 Å². The summed E-state index contributed by atoms with van der Waals surface area (Å²) in [5.41, 5.74) is 0.359. The maximum Gasteiger partial charge on any atom is 0.309 e. The lowest BCUT2D eigenvalue weighted by atomic mass is 10.3. The number of pyridine rings is 1. The third kappa shape index (κ3) is 6.17. The van der Waals surface area contributed by atoms with Crippen LogP contribution in [0.4, 0.5) is 5.69 Å². The van der Waals surface area contributed by atoms with Gasteiger partial charge in [-0.05, 0) is 30.3 Å². The lowest BCUT2D eigenvalue weighted by Crippen LogP contribution is -2.21. The molecule has 0 radical (unpaired) electrons. The summed E-state index contributed by atoms with van der Waals surface area (Å²) in [6.45, 7) is -0.244. The molecular formula is C16H14BrClN2O4. The molecule has 0 spiro atoms. The van der Waals surface area contributed by atoms with Gasteiger partial charge in [0, 0.05) is 10.7 Å². The molecule has 1 N–H and O–H groups in total. The zero-order chi connectivity index (χ0) is 17.4. The number of benzene rings is 1. The molecule has 24 heavy (non-hydrogen) atoms. The van der Waals surface area contributed by atoms with E-state index in [2.05, 4.69) is 26.2 Å². The van der Waals surface area contributed by atoms with E-state index in [4.69, 9.17) is 21.1 Å². The highest BCUT2D eigenvalue weighted by Crippen LogP contribution is 2.18. The number of ether oxygens (including phenoxy) is 2. The number of amides is 1. The van der Waals surface area contributed by atoms with Gasteiger partial charge in [0.1, 0.15) is 5.75 Å². The largest absolute Gasteiger partial charge is 0.493 e. The number of nitrogens with zero attached hydrogens (tertiary/aromatic N) is 1. The molecule has 8 heteroatoms. The second-order valence-electron chi connectivity index (χ2n) is 4.61. The summed E-state index contributed by atoms with van der Waals surface area (Å²) in [6.07, 6.45) is 1.54. The Morgan fingerprint density at radius 2 is 2.08 bits per heavy atom. The van der Waals surface area contributed by atoms with E-state index in [1.54, 1.807) is 24.3 Å². The van der Waals surface area contributed by atoms with Gasteiger partial charge >= 0.3 is 5.97 Å². The molecule has 6 nitrogen and oxygen atoms in total. The number of carbonyl (C=O) groups excluding carboxylic acids is 2. The molecule has 1 aromatic heterocycles. The maximum absolute atomic E-state index is 11.7. The van der Waals surface area contributed by atoms with E-state index < -0.39 is 18.5 Å². The molecule has 0 aliphatic rings. The third-order valence-electron chi connectivity index (χ3n) is 2.77. The zero-order valence-corrected chi connectivity index (χ0v) is 14.8. The van der Waals surface area contributed by atoms with Crippen molar-refractivity contribution in [1.29, 1.82) is 0 Å². The van der Waals surface area contributed by atoms with Gasteiger partial charge < -0.3 is 14.8 Å². The normalized spacial score (nSPS) is 10.1. The van der Waals surface area contributed by atoms with Crippen molar-refractivity contribution >= 4 is 45.1 Å². The Kier molecular flexibility index (Phi) is 7.02. The first kappa shape index (κ1) is 18.2. The molecule has 2 aromatic rings. The van der Waals surface area contributed by atoms with Crippen molar-refractivity contribution in [2.24, 2.45) is 0 Å². The Labute approximate surface area is 152 Å². The van der Waals surface area contributed by atoms with Crippen molar-refractivity contribution in [3.8, 4) is 5.75 Å². The monoisotopic (exact) mass is 412 g/mol. The molecule has 1 heterocycles. The number of rotatable bonds is 7. The van der Waals surface area contributed by atoms with Crippen molar-refractivity contribution in [3.05, 3.63) is 52.2 Å². The SMILES string of the molecule is O=C(COC(=O)CCOc1cccc(Br)c1)Nc1cccnc1Cl. The standard InChI is InChI=1S/C16H14BrClN2O4/c17-11-3-1-4-12(9-11)23-8-6-15(22)24-10-14(21)20-13-5-2-7-19-16(13)18/h1-5,7,9H,6,8,10H2,(H,20,21). The van der Waals surface area contributed by atoms with Gasteiger partial charge in [0.25, 0.3) is 5.91 Å². The Morgan fingerprint density at radius 1 is 1.25 bits per heavy atom. The van der Waals surface area contributed by atoms with Gasteiger partial charge in [-0.1, -0.05) is 33.6 Å². The first-order chi connectivity index (χ1) is 11.5. The third-order valence-corrected chi connectivity index (χ3v) is 3.56. The van der Waals surface area contributed by atoms with E-state index in [1.807, 2.05) is 12.1 Å². The maximum atomic E-state index is 11.7. The number of carbonyl (C=O) groups is 2. The van der Waals surface area contributed by atoms with Crippen molar-refractivity contribution in [2.45, 2.75) is 6.42 Å². The topological polar surface area (TPSA) is 77.5 Å². The van der Waals surface area contributed by atoms with Gasteiger partial charge in [-0.2, -0.15) is 0 Å². The van der Waals surface area contributed by atoms with Crippen LogP contribution in [0.25, 0.3) is 0 Å². The van der Waals surface area contributed by atoms with Crippen LogP contribution in [0.5, 0.6) is 5.75 Å². The molecule has 0 aliphatic carbocycles. The number of halogens is 2. The molecular weight excluding hydrogens is 400 g/mol. The molecule has 0 bridgehead atoms. The number of anilines is 1. The number of esters is 1. The number of hydrogen-bond donors (Lipinski definition) is 1. The average Bonchev–Trinajstić information content (AvgIpc) is 2.55. The van der Waals surface area contributed by atoms with Crippen molar-refractivity contribution < 1.29 is 19.1 Å². The Bertz CT molecular complexity index is 727. The highest BCUT2D eigenvalue weighted by atomic mass is 79.9. The van der Waals surface area contributed by atoms with Crippen LogP contribution in [0.1, 0.15) is 6.42 Å². The summed E-state index contributed by atoms with van der Waals surface area (Å²) in [7, 11) is 0. The smallest absolute Gasteiger partial charge is 0.309 e. The van der Waals surface area contributed by atoms with Crippen LogP contribution >= 0.6 is 27.5 Å². The van der Waals surface area contributed by atoms with Gasteiger partial charge in [-0.3, -0.25) is 9.59 Å². The van der Waals surface area contributed by atoms with Gasteiger partial charge in [0.2, 0.25) is 0 Å². The van der Waals surface area contributed by atoms with Crippen LogP contribution in [0.15, 0.2) is 47.1 Å². The molecule has 0 saturated heterocycles. The van der Waals surface area contributed by atoms with Gasteiger partial charge in [0.05, 0.1) is 18.7 Å². The number of hydrogen-bond acceptors (Lipinski definition) is 5. The second-order valence-corrected chi connectivity index (χ2v) is 5.88. The number of aromatic nitrogens is 1. The van der Waals surface area contributed by atoms with Crippen LogP contribution in [0.3, 0.4) is 0 Å². The Morgan fingerprint density at radius 3 is 2.83 bits per heavy atom. The van der Waals surface area contributed by atoms with Crippen LogP contribution < -0.4 is 10.1 Å². The second kappa shape index (κ2) is 9.24. The minimum absolute atomic E-state index is 0.0352. The van der Waals surface area contributed by atoms with Gasteiger partial charge in [-0.15, -0.1) is 0 Å². The molecule has 0 aliphatic heterocycles.